The van der Waals surface area contributed by atoms with Gasteiger partial charge >= 0.3 is 0 Å². The van der Waals surface area contributed by atoms with Gasteiger partial charge in [-0.25, -0.2) is 0 Å². The molecule has 0 aromatic heterocycles. The standard InChI is InChI=1S/C14H18N2O3/c17-14(16-10-5-7-18-8-6-10)13-9-15-11-3-1-2-4-12(11)19-13/h1-4,10,13,15H,5-9H2,(H,16,17). The SMILES string of the molecule is O=C(NC1CCOCC1)C1CNc2ccccc2O1. The second-order valence-corrected chi connectivity index (χ2v) is 4.88. The van der Waals surface area contributed by atoms with Gasteiger partial charge in [0.05, 0.1) is 12.2 Å². The van der Waals surface area contributed by atoms with Crippen LogP contribution in [-0.4, -0.2) is 37.8 Å². The number of benzene rings is 1. The van der Waals surface area contributed by atoms with E-state index in [1.807, 2.05) is 24.3 Å². The Morgan fingerprint density at radius 1 is 1.26 bits per heavy atom. The number of rotatable bonds is 2. The predicted molar refractivity (Wildman–Crippen MR) is 71.3 cm³/mol. The Kier molecular flexibility index (Phi) is 3.55. The molecule has 2 aliphatic rings. The molecule has 19 heavy (non-hydrogen) atoms. The molecule has 0 saturated carbocycles. The summed E-state index contributed by atoms with van der Waals surface area (Å²) in [6, 6.07) is 7.87. The van der Waals surface area contributed by atoms with Crippen molar-refractivity contribution in [3.05, 3.63) is 24.3 Å². The van der Waals surface area contributed by atoms with E-state index in [1.54, 1.807) is 0 Å². The molecule has 0 aliphatic carbocycles. The first-order chi connectivity index (χ1) is 9.33. The monoisotopic (exact) mass is 262 g/mol. The number of hydrogen-bond acceptors (Lipinski definition) is 4. The summed E-state index contributed by atoms with van der Waals surface area (Å²) in [5, 5.41) is 6.26. The summed E-state index contributed by atoms with van der Waals surface area (Å²) in [4.78, 5) is 12.2. The highest BCUT2D eigenvalue weighted by Crippen LogP contribution is 2.28. The van der Waals surface area contributed by atoms with Crippen molar-refractivity contribution in [3.8, 4) is 5.75 Å². The number of ether oxygens (including phenoxy) is 2. The van der Waals surface area contributed by atoms with Crippen molar-refractivity contribution in [1.29, 1.82) is 0 Å². The third-order valence-electron chi connectivity index (χ3n) is 3.49. The van der Waals surface area contributed by atoms with E-state index in [2.05, 4.69) is 10.6 Å². The molecule has 1 unspecified atom stereocenters. The van der Waals surface area contributed by atoms with E-state index in [0.717, 1.165) is 37.5 Å². The van der Waals surface area contributed by atoms with Gasteiger partial charge in [0.1, 0.15) is 5.75 Å². The minimum absolute atomic E-state index is 0.0473. The first-order valence-corrected chi connectivity index (χ1v) is 6.70. The molecule has 1 amide bonds. The molecule has 1 atom stereocenters. The lowest BCUT2D eigenvalue weighted by molar-refractivity contribution is -0.128. The summed E-state index contributed by atoms with van der Waals surface area (Å²) in [7, 11) is 0. The third-order valence-corrected chi connectivity index (χ3v) is 3.49. The smallest absolute Gasteiger partial charge is 0.263 e. The van der Waals surface area contributed by atoms with Gasteiger partial charge in [-0.3, -0.25) is 4.79 Å². The van der Waals surface area contributed by atoms with Crippen LogP contribution < -0.4 is 15.4 Å². The summed E-state index contributed by atoms with van der Waals surface area (Å²) < 4.78 is 11.0. The molecule has 2 N–H and O–H groups in total. The Bertz CT molecular complexity index is 458. The zero-order valence-corrected chi connectivity index (χ0v) is 10.7. The van der Waals surface area contributed by atoms with Gasteiger partial charge in [-0.2, -0.15) is 0 Å². The minimum Gasteiger partial charge on any atom is -0.477 e. The van der Waals surface area contributed by atoms with Crippen molar-refractivity contribution in [2.75, 3.05) is 25.1 Å². The van der Waals surface area contributed by atoms with Crippen molar-refractivity contribution in [2.45, 2.75) is 25.0 Å². The Labute approximate surface area is 112 Å². The number of amides is 1. The Hall–Kier alpha value is -1.75. The Morgan fingerprint density at radius 2 is 2.05 bits per heavy atom. The summed E-state index contributed by atoms with van der Waals surface area (Å²) in [5.74, 6) is 0.690. The quantitative estimate of drug-likeness (QED) is 0.839. The van der Waals surface area contributed by atoms with Crippen molar-refractivity contribution in [3.63, 3.8) is 0 Å². The number of fused-ring (bicyclic) bond motifs is 1. The third kappa shape index (κ3) is 2.81. The average Bonchev–Trinajstić information content (AvgIpc) is 2.48. The normalized spacial score (nSPS) is 22.8. The molecule has 5 nitrogen and oxygen atoms in total. The van der Waals surface area contributed by atoms with Crippen LogP contribution in [0.4, 0.5) is 5.69 Å². The van der Waals surface area contributed by atoms with E-state index in [4.69, 9.17) is 9.47 Å². The predicted octanol–water partition coefficient (Wildman–Crippen LogP) is 1.15. The molecule has 2 aliphatic heterocycles. The Morgan fingerprint density at radius 3 is 2.89 bits per heavy atom. The molecule has 102 valence electrons. The van der Waals surface area contributed by atoms with Crippen molar-refractivity contribution < 1.29 is 14.3 Å². The maximum atomic E-state index is 12.2. The maximum absolute atomic E-state index is 12.2. The lowest BCUT2D eigenvalue weighted by Gasteiger charge is -2.29. The number of carbonyl (C=O) groups is 1. The van der Waals surface area contributed by atoms with Crippen molar-refractivity contribution >= 4 is 11.6 Å². The van der Waals surface area contributed by atoms with Crippen LogP contribution in [0.5, 0.6) is 5.75 Å². The topological polar surface area (TPSA) is 59.6 Å². The van der Waals surface area contributed by atoms with Gasteiger partial charge in [-0.1, -0.05) is 12.1 Å². The lowest BCUT2D eigenvalue weighted by atomic mass is 10.1. The van der Waals surface area contributed by atoms with E-state index in [9.17, 15) is 4.79 Å². The zero-order chi connectivity index (χ0) is 13.1. The Balaban J connectivity index is 1.59. The summed E-state index contributed by atoms with van der Waals surface area (Å²) in [6.07, 6.45) is 1.29. The van der Waals surface area contributed by atoms with Crippen molar-refractivity contribution in [2.24, 2.45) is 0 Å². The van der Waals surface area contributed by atoms with Gasteiger partial charge in [0.25, 0.3) is 5.91 Å². The highest BCUT2D eigenvalue weighted by molar-refractivity contribution is 5.83. The van der Waals surface area contributed by atoms with Crippen LogP contribution in [0.1, 0.15) is 12.8 Å². The van der Waals surface area contributed by atoms with Gasteiger partial charge in [0.2, 0.25) is 0 Å². The second-order valence-electron chi connectivity index (χ2n) is 4.88. The van der Waals surface area contributed by atoms with E-state index < -0.39 is 6.10 Å². The molecule has 5 heteroatoms. The fraction of sp³-hybridized carbons (Fsp3) is 0.500. The molecular weight excluding hydrogens is 244 g/mol. The highest BCUT2D eigenvalue weighted by Gasteiger charge is 2.27. The molecule has 0 bridgehead atoms. The average molecular weight is 262 g/mol. The molecule has 1 fully saturated rings. The van der Waals surface area contributed by atoms with Crippen molar-refractivity contribution in [1.82, 2.24) is 5.32 Å². The lowest BCUT2D eigenvalue weighted by Crippen LogP contribution is -2.49. The summed E-state index contributed by atoms with van der Waals surface area (Å²) in [5.41, 5.74) is 0.942. The van der Waals surface area contributed by atoms with Gasteiger partial charge < -0.3 is 20.1 Å². The molecule has 1 saturated heterocycles. The highest BCUT2D eigenvalue weighted by atomic mass is 16.5. The number of nitrogens with one attached hydrogen (secondary N) is 2. The fourth-order valence-corrected chi connectivity index (χ4v) is 2.40. The van der Waals surface area contributed by atoms with Crippen LogP contribution in [0.15, 0.2) is 24.3 Å². The van der Waals surface area contributed by atoms with Crippen LogP contribution in [-0.2, 0) is 9.53 Å². The van der Waals surface area contributed by atoms with E-state index in [-0.39, 0.29) is 11.9 Å². The first kappa shape index (κ1) is 12.3. The van der Waals surface area contributed by atoms with Crippen LogP contribution in [0.2, 0.25) is 0 Å². The van der Waals surface area contributed by atoms with Crippen LogP contribution in [0.25, 0.3) is 0 Å². The largest absolute Gasteiger partial charge is 0.477 e. The molecule has 0 radical (unpaired) electrons. The van der Waals surface area contributed by atoms with Gasteiger partial charge in [0.15, 0.2) is 6.10 Å². The molecule has 2 heterocycles. The van der Waals surface area contributed by atoms with Crippen LogP contribution in [0.3, 0.4) is 0 Å². The second kappa shape index (κ2) is 5.48. The van der Waals surface area contributed by atoms with Gasteiger partial charge in [-0.15, -0.1) is 0 Å². The van der Waals surface area contributed by atoms with Crippen LogP contribution in [0, 0.1) is 0 Å². The fourth-order valence-electron chi connectivity index (χ4n) is 2.40. The molecular formula is C14H18N2O3. The maximum Gasteiger partial charge on any atom is 0.263 e. The molecule has 1 aromatic rings. The van der Waals surface area contributed by atoms with E-state index in [0.29, 0.717) is 6.54 Å². The van der Waals surface area contributed by atoms with Gasteiger partial charge in [0, 0.05) is 19.3 Å². The first-order valence-electron chi connectivity index (χ1n) is 6.70. The minimum atomic E-state index is -0.460. The zero-order valence-electron chi connectivity index (χ0n) is 10.7. The van der Waals surface area contributed by atoms with E-state index in [1.165, 1.54) is 0 Å². The summed E-state index contributed by atoms with van der Waals surface area (Å²) >= 11 is 0. The van der Waals surface area contributed by atoms with Gasteiger partial charge in [-0.05, 0) is 25.0 Å². The molecule has 1 aromatic carbocycles. The number of para-hydroxylation sites is 2. The molecule has 0 spiro atoms. The van der Waals surface area contributed by atoms with E-state index >= 15 is 0 Å². The summed E-state index contributed by atoms with van der Waals surface area (Å²) in [6.45, 7) is 1.95. The number of hydrogen-bond donors (Lipinski definition) is 2. The number of carbonyl (C=O) groups excluding carboxylic acids is 1. The number of anilines is 1. The van der Waals surface area contributed by atoms with Crippen LogP contribution >= 0.6 is 0 Å². The molecule has 3 rings (SSSR count).